The van der Waals surface area contributed by atoms with Crippen molar-refractivity contribution in [1.29, 1.82) is 0 Å². The zero-order chi connectivity index (χ0) is 23.5. The summed E-state index contributed by atoms with van der Waals surface area (Å²) in [5.41, 5.74) is 0.306. The van der Waals surface area contributed by atoms with E-state index in [9.17, 15) is 17.2 Å². The summed E-state index contributed by atoms with van der Waals surface area (Å²) in [6.45, 7) is 4.59. The highest BCUT2D eigenvalue weighted by atomic mass is 32.2. The Bertz CT molecular complexity index is 987. The fourth-order valence-electron chi connectivity index (χ4n) is 5.19. The first-order valence-electron chi connectivity index (χ1n) is 11.8. The van der Waals surface area contributed by atoms with Gasteiger partial charge < -0.3 is 4.90 Å². The maximum atomic E-state index is 13.5. The number of halogens is 2. The van der Waals surface area contributed by atoms with Gasteiger partial charge in [-0.05, 0) is 49.8 Å². The maximum absolute atomic E-state index is 13.5. The Morgan fingerprint density at radius 2 is 1.45 bits per heavy atom. The average Bonchev–Trinajstić information content (AvgIpc) is 3.36. The van der Waals surface area contributed by atoms with Gasteiger partial charge in [-0.3, -0.25) is 4.90 Å². The van der Waals surface area contributed by atoms with E-state index in [1.807, 2.05) is 42.5 Å². The van der Waals surface area contributed by atoms with Gasteiger partial charge in [0.15, 0.2) is 9.84 Å². The molecule has 0 radical (unpaired) electrons. The van der Waals surface area contributed by atoms with E-state index in [0.717, 1.165) is 51.3 Å². The quantitative estimate of drug-likeness (QED) is 0.615. The molecule has 180 valence electrons. The lowest BCUT2D eigenvalue weighted by Gasteiger charge is -2.39. The lowest BCUT2D eigenvalue weighted by molar-refractivity contribution is 0.0366. The minimum Gasteiger partial charge on any atom is -0.369 e. The van der Waals surface area contributed by atoms with Crippen molar-refractivity contribution >= 4 is 15.5 Å². The van der Waals surface area contributed by atoms with E-state index in [4.69, 9.17) is 0 Å². The molecule has 1 saturated heterocycles. The van der Waals surface area contributed by atoms with Crippen LogP contribution in [0.3, 0.4) is 0 Å². The summed E-state index contributed by atoms with van der Waals surface area (Å²) < 4.78 is 50.5. The summed E-state index contributed by atoms with van der Waals surface area (Å²) in [6.07, 6.45) is 4.55. The van der Waals surface area contributed by atoms with Gasteiger partial charge in [0.05, 0.1) is 4.90 Å². The molecule has 0 N–H and O–H groups in total. The van der Waals surface area contributed by atoms with Crippen LogP contribution < -0.4 is 4.90 Å². The third-order valence-corrected chi connectivity index (χ3v) is 8.55. The number of anilines is 1. The summed E-state index contributed by atoms with van der Waals surface area (Å²) in [4.78, 5) is 5.02. The Balaban J connectivity index is 0.000000376. The highest BCUT2D eigenvalue weighted by molar-refractivity contribution is 7.90. The molecule has 3 fully saturated rings. The van der Waals surface area contributed by atoms with E-state index in [2.05, 4.69) is 9.80 Å². The number of hydrogen-bond acceptors (Lipinski definition) is 4. The third-order valence-electron chi connectivity index (χ3n) is 7.44. The predicted octanol–water partition coefficient (Wildman–Crippen LogP) is 5.11. The molecule has 33 heavy (non-hydrogen) atoms. The van der Waals surface area contributed by atoms with Crippen LogP contribution in [0.5, 0.6) is 0 Å². The summed E-state index contributed by atoms with van der Waals surface area (Å²) in [5, 5.41) is 0. The summed E-state index contributed by atoms with van der Waals surface area (Å²) in [5.74, 6) is -1.86. The fourth-order valence-corrected chi connectivity index (χ4v) is 5.85. The molecule has 3 aliphatic rings. The van der Waals surface area contributed by atoms with Crippen molar-refractivity contribution in [3.63, 3.8) is 0 Å². The first-order valence-corrected chi connectivity index (χ1v) is 13.7. The molecule has 4 nitrogen and oxygen atoms in total. The van der Waals surface area contributed by atoms with E-state index in [1.165, 1.54) is 6.26 Å². The van der Waals surface area contributed by atoms with Crippen LogP contribution in [-0.4, -0.2) is 58.2 Å². The minimum atomic E-state index is -3.20. The molecular formula is C26H34F2N2O2S. The van der Waals surface area contributed by atoms with Gasteiger partial charge in [0.1, 0.15) is 0 Å². The lowest BCUT2D eigenvalue weighted by Crippen LogP contribution is -2.48. The van der Waals surface area contributed by atoms with E-state index in [-0.39, 0.29) is 6.42 Å². The number of alkyl halides is 2. The van der Waals surface area contributed by atoms with E-state index < -0.39 is 21.2 Å². The molecule has 0 amide bonds. The van der Waals surface area contributed by atoms with Gasteiger partial charge in [0.2, 0.25) is 0 Å². The molecule has 7 heteroatoms. The van der Waals surface area contributed by atoms with Crippen LogP contribution in [0.25, 0.3) is 0 Å². The van der Waals surface area contributed by atoms with E-state index >= 15 is 0 Å². The number of benzene rings is 2. The first-order chi connectivity index (χ1) is 15.7. The van der Waals surface area contributed by atoms with Crippen LogP contribution in [0.15, 0.2) is 65.6 Å². The molecule has 0 aromatic heterocycles. The Kier molecular flexibility index (Phi) is 7.10. The SMILES string of the molecule is CS(=O)(=O)c1cccc(N2CCN(CC3CCC4(CC3)CC4(F)F)CC2)c1.c1ccccc1. The molecule has 0 unspecified atom stereocenters. The molecule has 5 rings (SSSR count). The standard InChI is InChI=1S/C20H28F2N2O2S.C6H6/c1-27(25,26)18-4-2-3-17(13-18)24-11-9-23(10-12-24)14-16-5-7-19(8-6-16)15-20(19,21)22;1-2-4-6-5-3-1/h2-4,13,16H,5-12,14-15H2,1H3;1-6H. The topological polar surface area (TPSA) is 40.6 Å². The third kappa shape index (κ3) is 5.93. The van der Waals surface area contributed by atoms with Gasteiger partial charge in [-0.2, -0.15) is 0 Å². The van der Waals surface area contributed by atoms with Crippen molar-refractivity contribution in [2.75, 3.05) is 43.9 Å². The fraction of sp³-hybridized carbons (Fsp3) is 0.538. The van der Waals surface area contributed by atoms with Crippen LogP contribution >= 0.6 is 0 Å². The predicted molar refractivity (Wildman–Crippen MR) is 129 cm³/mol. The summed E-state index contributed by atoms with van der Waals surface area (Å²) in [7, 11) is -3.20. The smallest absolute Gasteiger partial charge is 0.254 e. The molecule has 2 aromatic rings. The van der Waals surface area contributed by atoms with Crippen molar-refractivity contribution in [3.05, 3.63) is 60.7 Å². The summed E-state index contributed by atoms with van der Waals surface area (Å²) >= 11 is 0. The molecule has 1 aliphatic heterocycles. The number of piperazine rings is 1. The molecule has 2 aromatic carbocycles. The van der Waals surface area contributed by atoms with Crippen LogP contribution in [0.4, 0.5) is 14.5 Å². The Labute approximate surface area is 196 Å². The van der Waals surface area contributed by atoms with Gasteiger partial charge in [-0.15, -0.1) is 0 Å². The Morgan fingerprint density at radius 3 is 1.94 bits per heavy atom. The highest BCUT2D eigenvalue weighted by Crippen LogP contribution is 2.67. The van der Waals surface area contributed by atoms with Gasteiger partial charge in [-0.1, -0.05) is 42.5 Å². The van der Waals surface area contributed by atoms with E-state index in [1.54, 1.807) is 18.2 Å². The normalized spacial score (nSPS) is 27.0. The second-order valence-electron chi connectivity index (χ2n) is 9.82. The van der Waals surface area contributed by atoms with Crippen molar-refractivity contribution in [1.82, 2.24) is 4.90 Å². The van der Waals surface area contributed by atoms with Gasteiger partial charge in [-0.25, -0.2) is 17.2 Å². The highest BCUT2D eigenvalue weighted by Gasteiger charge is 2.70. The first kappa shape index (κ1) is 24.1. The van der Waals surface area contributed by atoms with Crippen molar-refractivity contribution < 1.29 is 17.2 Å². The lowest BCUT2D eigenvalue weighted by atomic mass is 9.79. The minimum absolute atomic E-state index is 0.109. The number of nitrogens with zero attached hydrogens (tertiary/aromatic N) is 2. The van der Waals surface area contributed by atoms with Crippen molar-refractivity contribution in [2.24, 2.45) is 11.3 Å². The van der Waals surface area contributed by atoms with Crippen molar-refractivity contribution in [3.8, 4) is 0 Å². The van der Waals surface area contributed by atoms with Gasteiger partial charge in [0, 0.05) is 56.5 Å². The number of rotatable bonds is 4. The van der Waals surface area contributed by atoms with Gasteiger partial charge in [0.25, 0.3) is 5.92 Å². The van der Waals surface area contributed by atoms with Gasteiger partial charge >= 0.3 is 0 Å². The molecule has 2 aliphatic carbocycles. The average molecular weight is 477 g/mol. The molecule has 1 spiro atoms. The maximum Gasteiger partial charge on any atom is 0.254 e. The van der Waals surface area contributed by atoms with Crippen LogP contribution in [0.2, 0.25) is 0 Å². The zero-order valence-electron chi connectivity index (χ0n) is 19.3. The largest absolute Gasteiger partial charge is 0.369 e. The summed E-state index contributed by atoms with van der Waals surface area (Å²) in [6, 6.07) is 19.1. The van der Waals surface area contributed by atoms with Crippen LogP contribution in [0.1, 0.15) is 32.1 Å². The number of sulfone groups is 1. The molecule has 2 saturated carbocycles. The monoisotopic (exact) mass is 476 g/mol. The molecule has 0 atom stereocenters. The Morgan fingerprint density at radius 1 is 0.909 bits per heavy atom. The number of hydrogen-bond donors (Lipinski definition) is 0. The van der Waals surface area contributed by atoms with Crippen molar-refractivity contribution in [2.45, 2.75) is 42.9 Å². The van der Waals surface area contributed by atoms with E-state index in [0.29, 0.717) is 23.7 Å². The second-order valence-corrected chi connectivity index (χ2v) is 11.8. The zero-order valence-corrected chi connectivity index (χ0v) is 20.1. The molecule has 1 heterocycles. The van der Waals surface area contributed by atoms with Crippen LogP contribution in [0, 0.1) is 11.3 Å². The second kappa shape index (κ2) is 9.71. The molecule has 0 bridgehead atoms. The molecular weight excluding hydrogens is 442 g/mol. The Hall–Kier alpha value is -1.99. The van der Waals surface area contributed by atoms with Crippen LogP contribution in [-0.2, 0) is 9.84 Å².